The Morgan fingerprint density at radius 3 is 2.50 bits per heavy atom. The van der Waals surface area contributed by atoms with Crippen molar-refractivity contribution < 1.29 is 5.11 Å². The number of unbranched alkanes of at least 4 members (excludes halogenated alkanes) is 7. The second kappa shape index (κ2) is 8.78. The molecule has 2 aliphatic rings. The molecule has 0 unspecified atom stereocenters. The topological polar surface area (TPSA) is 23.5 Å². The summed E-state index contributed by atoms with van der Waals surface area (Å²) in [5.41, 5.74) is 3.11. The maximum absolute atomic E-state index is 9.96. The van der Waals surface area contributed by atoms with Crippen LogP contribution < -0.4 is 0 Å². The molecule has 2 bridgehead atoms. The zero-order valence-electron chi connectivity index (χ0n) is 17.3. The minimum atomic E-state index is 0.229. The average Bonchev–Trinajstić information content (AvgIpc) is 2.63. The molecular weight excluding hydrogens is 318 g/mol. The monoisotopic (exact) mass is 357 g/mol. The minimum Gasteiger partial charge on any atom is -0.508 e. The molecule has 1 aliphatic carbocycles. The number of likely N-dealkylation sites (tertiary alicyclic amines) is 1. The SMILES string of the molecule is CCCCCCCCCCN1CC[C@@]2(C)c3cc(O)ccc3C[C@@H]1[C@@H]2C. The number of benzene rings is 1. The third-order valence-electron chi connectivity index (χ3n) is 7.41. The first-order chi connectivity index (χ1) is 12.6. The van der Waals surface area contributed by atoms with Crippen LogP contribution in [-0.2, 0) is 11.8 Å². The number of hydrogen-bond acceptors (Lipinski definition) is 2. The highest BCUT2D eigenvalue weighted by Gasteiger charge is 2.48. The molecule has 0 saturated carbocycles. The highest BCUT2D eigenvalue weighted by molar-refractivity contribution is 5.44. The standard InChI is InChI=1S/C24H39NO/c1-4-5-6-7-8-9-10-11-15-25-16-14-24(3)19(2)23(25)17-20-12-13-21(26)18-22(20)24/h12-13,18-19,23,26H,4-11,14-17H2,1-3H3/t19-,23+,24+/m0/s1. The number of nitrogens with zero attached hydrogens (tertiary/aromatic N) is 1. The fourth-order valence-electron chi connectivity index (χ4n) is 5.42. The van der Waals surface area contributed by atoms with E-state index in [4.69, 9.17) is 0 Å². The molecular formula is C24H39NO. The van der Waals surface area contributed by atoms with Gasteiger partial charge in [0.25, 0.3) is 0 Å². The van der Waals surface area contributed by atoms with Crippen molar-refractivity contribution in [1.29, 1.82) is 0 Å². The maximum atomic E-state index is 9.96. The van der Waals surface area contributed by atoms with Gasteiger partial charge in [-0.05, 0) is 66.9 Å². The maximum Gasteiger partial charge on any atom is 0.115 e. The van der Waals surface area contributed by atoms with Gasteiger partial charge in [0.05, 0.1) is 0 Å². The van der Waals surface area contributed by atoms with Gasteiger partial charge in [-0.1, -0.05) is 71.8 Å². The van der Waals surface area contributed by atoms with E-state index in [1.165, 1.54) is 82.0 Å². The molecule has 2 nitrogen and oxygen atoms in total. The Bertz CT molecular complexity index is 584. The summed E-state index contributed by atoms with van der Waals surface area (Å²) in [6.07, 6.45) is 13.6. The fourth-order valence-corrected chi connectivity index (χ4v) is 5.42. The summed E-state index contributed by atoms with van der Waals surface area (Å²) in [4.78, 5) is 2.78. The smallest absolute Gasteiger partial charge is 0.115 e. The number of aromatic hydroxyl groups is 1. The predicted octanol–water partition coefficient (Wildman–Crippen LogP) is 6.06. The molecule has 0 spiro atoms. The third kappa shape index (κ3) is 4.11. The molecule has 0 amide bonds. The predicted molar refractivity (Wildman–Crippen MR) is 111 cm³/mol. The molecule has 1 N–H and O–H groups in total. The second-order valence-electron chi connectivity index (χ2n) is 9.08. The Labute approximate surface area is 161 Å². The van der Waals surface area contributed by atoms with Gasteiger partial charge >= 0.3 is 0 Å². The van der Waals surface area contributed by atoms with Crippen LogP contribution in [0.4, 0.5) is 0 Å². The first-order valence-corrected chi connectivity index (χ1v) is 11.1. The molecule has 1 aliphatic heterocycles. The lowest BCUT2D eigenvalue weighted by Crippen LogP contribution is -2.58. The summed E-state index contributed by atoms with van der Waals surface area (Å²) in [5.74, 6) is 1.09. The zero-order chi connectivity index (χ0) is 18.6. The number of piperidine rings is 1. The summed E-state index contributed by atoms with van der Waals surface area (Å²) in [6.45, 7) is 9.65. The Kier molecular flexibility index (Phi) is 6.66. The van der Waals surface area contributed by atoms with Gasteiger partial charge in [-0.3, -0.25) is 4.90 Å². The lowest BCUT2D eigenvalue weighted by atomic mass is 9.59. The van der Waals surface area contributed by atoms with Gasteiger partial charge < -0.3 is 5.11 Å². The van der Waals surface area contributed by atoms with Crippen LogP contribution in [0.3, 0.4) is 0 Å². The largest absolute Gasteiger partial charge is 0.508 e. The van der Waals surface area contributed by atoms with E-state index >= 15 is 0 Å². The van der Waals surface area contributed by atoms with E-state index < -0.39 is 0 Å². The van der Waals surface area contributed by atoms with Crippen LogP contribution in [-0.4, -0.2) is 29.1 Å². The van der Waals surface area contributed by atoms with E-state index in [1.54, 1.807) is 0 Å². The number of fused-ring (bicyclic) bond motifs is 4. The second-order valence-corrected chi connectivity index (χ2v) is 9.08. The Hall–Kier alpha value is -1.02. The van der Waals surface area contributed by atoms with Crippen LogP contribution in [0, 0.1) is 5.92 Å². The zero-order valence-corrected chi connectivity index (χ0v) is 17.3. The van der Waals surface area contributed by atoms with Crippen LogP contribution in [0.2, 0.25) is 0 Å². The van der Waals surface area contributed by atoms with Gasteiger partial charge in [-0.15, -0.1) is 0 Å². The molecule has 3 atom stereocenters. The van der Waals surface area contributed by atoms with Crippen molar-refractivity contribution in [3.05, 3.63) is 29.3 Å². The summed E-state index contributed by atoms with van der Waals surface area (Å²) < 4.78 is 0. The number of rotatable bonds is 9. The van der Waals surface area contributed by atoms with Gasteiger partial charge in [0.2, 0.25) is 0 Å². The molecule has 1 saturated heterocycles. The van der Waals surface area contributed by atoms with Crippen LogP contribution >= 0.6 is 0 Å². The quantitative estimate of drug-likeness (QED) is 0.543. The van der Waals surface area contributed by atoms with Crippen LogP contribution in [0.15, 0.2) is 18.2 Å². The molecule has 26 heavy (non-hydrogen) atoms. The van der Waals surface area contributed by atoms with Gasteiger partial charge in [-0.2, -0.15) is 0 Å². The van der Waals surface area contributed by atoms with E-state index in [2.05, 4.69) is 31.7 Å². The van der Waals surface area contributed by atoms with Gasteiger partial charge in [0.1, 0.15) is 5.75 Å². The molecule has 2 heteroatoms. The van der Waals surface area contributed by atoms with Crippen molar-refractivity contribution >= 4 is 0 Å². The van der Waals surface area contributed by atoms with E-state index in [0.29, 0.717) is 17.7 Å². The van der Waals surface area contributed by atoms with Crippen molar-refractivity contribution in [1.82, 2.24) is 4.90 Å². The highest BCUT2D eigenvalue weighted by atomic mass is 16.3. The van der Waals surface area contributed by atoms with E-state index in [9.17, 15) is 5.11 Å². The van der Waals surface area contributed by atoms with Crippen molar-refractivity contribution in [2.24, 2.45) is 5.92 Å². The molecule has 0 radical (unpaired) electrons. The minimum absolute atomic E-state index is 0.229. The average molecular weight is 358 g/mol. The fraction of sp³-hybridized carbons (Fsp3) is 0.750. The third-order valence-corrected chi connectivity index (χ3v) is 7.41. The van der Waals surface area contributed by atoms with Crippen molar-refractivity contribution in [2.75, 3.05) is 13.1 Å². The van der Waals surface area contributed by atoms with E-state index in [0.717, 1.165) is 6.42 Å². The molecule has 3 rings (SSSR count). The van der Waals surface area contributed by atoms with Crippen molar-refractivity contribution in [3.8, 4) is 5.75 Å². The Balaban J connectivity index is 1.51. The number of hydrogen-bond donors (Lipinski definition) is 1. The van der Waals surface area contributed by atoms with Crippen LogP contribution in [0.25, 0.3) is 0 Å². The summed E-state index contributed by atoms with van der Waals surface area (Å²) in [5, 5.41) is 9.96. The molecule has 1 fully saturated rings. The van der Waals surface area contributed by atoms with Gasteiger partial charge in [-0.25, -0.2) is 0 Å². The highest BCUT2D eigenvalue weighted by Crippen LogP contribution is 2.49. The van der Waals surface area contributed by atoms with E-state index in [-0.39, 0.29) is 5.41 Å². The molecule has 146 valence electrons. The first-order valence-electron chi connectivity index (χ1n) is 11.1. The molecule has 1 aromatic rings. The normalized spacial score (nSPS) is 28.1. The van der Waals surface area contributed by atoms with Crippen molar-refractivity contribution in [2.45, 2.75) is 96.4 Å². The molecule has 0 aromatic heterocycles. The Morgan fingerprint density at radius 2 is 1.77 bits per heavy atom. The molecule has 1 aromatic carbocycles. The van der Waals surface area contributed by atoms with Crippen LogP contribution in [0.1, 0.15) is 89.7 Å². The van der Waals surface area contributed by atoms with Gasteiger partial charge in [0, 0.05) is 6.04 Å². The number of phenolic OH excluding ortho intramolecular Hbond substituents is 1. The van der Waals surface area contributed by atoms with E-state index in [1.807, 2.05) is 12.1 Å². The number of phenols is 1. The first kappa shape index (κ1) is 19.7. The lowest BCUT2D eigenvalue weighted by molar-refractivity contribution is 0.0302. The lowest BCUT2D eigenvalue weighted by Gasteiger charge is -2.54. The summed E-state index contributed by atoms with van der Waals surface area (Å²) in [6, 6.07) is 6.75. The summed E-state index contributed by atoms with van der Waals surface area (Å²) >= 11 is 0. The van der Waals surface area contributed by atoms with Crippen molar-refractivity contribution in [3.63, 3.8) is 0 Å². The van der Waals surface area contributed by atoms with Crippen LogP contribution in [0.5, 0.6) is 5.75 Å². The molecule has 1 heterocycles. The Morgan fingerprint density at radius 1 is 1.08 bits per heavy atom. The van der Waals surface area contributed by atoms with Gasteiger partial charge in [0.15, 0.2) is 0 Å². The summed E-state index contributed by atoms with van der Waals surface area (Å²) in [7, 11) is 0.